The van der Waals surface area contributed by atoms with Crippen molar-refractivity contribution in [1.82, 2.24) is 19.2 Å². The zero-order valence-corrected chi connectivity index (χ0v) is 19.2. The van der Waals surface area contributed by atoms with E-state index in [1.807, 2.05) is 50.4 Å². The van der Waals surface area contributed by atoms with Gasteiger partial charge in [0.15, 0.2) is 0 Å². The summed E-state index contributed by atoms with van der Waals surface area (Å²) in [5.41, 5.74) is 1.30. The van der Waals surface area contributed by atoms with E-state index in [4.69, 9.17) is 4.74 Å². The lowest BCUT2D eigenvalue weighted by Gasteiger charge is -2.18. The summed E-state index contributed by atoms with van der Waals surface area (Å²) < 4.78 is 8.81. The Balaban J connectivity index is 2.04. The molecular weight excluding hydrogens is 428 g/mol. The van der Waals surface area contributed by atoms with Gasteiger partial charge in [0.05, 0.1) is 29.1 Å². The highest BCUT2D eigenvalue weighted by molar-refractivity contribution is 7.07. The minimum atomic E-state index is -0.554. The van der Waals surface area contributed by atoms with Crippen molar-refractivity contribution < 1.29 is 14.3 Å². The van der Waals surface area contributed by atoms with Crippen LogP contribution in [0.15, 0.2) is 47.5 Å². The number of para-hydroxylation sites is 1. The molecule has 168 valence electrons. The van der Waals surface area contributed by atoms with E-state index in [0.717, 1.165) is 22.6 Å². The lowest BCUT2D eigenvalue weighted by Crippen LogP contribution is -2.40. The highest BCUT2D eigenvalue weighted by Gasteiger charge is 2.15. The summed E-state index contributed by atoms with van der Waals surface area (Å²) in [7, 11) is 0. The van der Waals surface area contributed by atoms with Gasteiger partial charge in [-0.3, -0.25) is 14.2 Å². The van der Waals surface area contributed by atoms with Crippen molar-refractivity contribution >= 4 is 35.4 Å². The Bertz CT molecular complexity index is 1250. The molecule has 0 saturated heterocycles. The Morgan fingerprint density at radius 2 is 1.88 bits per heavy atom. The van der Waals surface area contributed by atoms with Gasteiger partial charge in [0.1, 0.15) is 11.2 Å². The van der Waals surface area contributed by atoms with Gasteiger partial charge in [-0.25, -0.2) is 9.48 Å². The van der Waals surface area contributed by atoms with Gasteiger partial charge in [0.2, 0.25) is 5.91 Å². The number of carbonyl (C=O) groups is 2. The zero-order chi connectivity index (χ0) is 23.1. The van der Waals surface area contributed by atoms with Crippen molar-refractivity contribution in [2.75, 3.05) is 19.7 Å². The summed E-state index contributed by atoms with van der Waals surface area (Å²) in [4.78, 5) is 39.4. The molecule has 0 spiro atoms. The van der Waals surface area contributed by atoms with Crippen molar-refractivity contribution in [2.45, 2.75) is 27.3 Å². The highest BCUT2D eigenvalue weighted by Crippen LogP contribution is 2.07. The van der Waals surface area contributed by atoms with Gasteiger partial charge in [0.25, 0.3) is 5.56 Å². The number of carbonyl (C=O) groups excluding carboxylic acids is 2. The predicted molar refractivity (Wildman–Crippen MR) is 124 cm³/mol. The van der Waals surface area contributed by atoms with E-state index in [1.54, 1.807) is 28.8 Å². The van der Waals surface area contributed by atoms with Crippen LogP contribution in [0.2, 0.25) is 0 Å². The summed E-state index contributed by atoms with van der Waals surface area (Å²) in [5.74, 6) is -0.738. The predicted octanol–water partition coefficient (Wildman–Crippen LogP) is 1.14. The first-order valence-corrected chi connectivity index (χ1v) is 11.3. The van der Waals surface area contributed by atoms with E-state index in [1.165, 1.54) is 10.6 Å². The van der Waals surface area contributed by atoms with Crippen molar-refractivity contribution in [2.24, 2.45) is 0 Å². The average Bonchev–Trinajstić information content (AvgIpc) is 3.36. The van der Waals surface area contributed by atoms with Crippen molar-refractivity contribution in [3.05, 3.63) is 67.8 Å². The van der Waals surface area contributed by atoms with E-state index in [0.29, 0.717) is 22.3 Å². The Hall–Kier alpha value is -3.46. The van der Waals surface area contributed by atoms with Gasteiger partial charge in [-0.1, -0.05) is 18.2 Å². The number of ether oxygens (including phenoxy) is 1. The average molecular weight is 455 g/mol. The lowest BCUT2D eigenvalue weighted by molar-refractivity contribution is -0.135. The third-order valence-corrected chi connectivity index (χ3v) is 5.85. The fraction of sp³-hybridized carbons (Fsp3) is 0.304. The molecule has 0 bridgehead atoms. The second kappa shape index (κ2) is 10.7. The molecule has 1 aromatic carbocycles. The maximum Gasteiger partial charge on any atom is 0.333 e. The number of nitrogens with zero attached hydrogens (tertiary/aromatic N) is 4. The number of thiazole rings is 1. The second-order valence-electron chi connectivity index (χ2n) is 6.86. The number of likely N-dealkylation sites (N-methyl/N-ethyl adjacent to an activating group) is 1. The number of esters is 1. The van der Waals surface area contributed by atoms with Gasteiger partial charge in [-0.05, 0) is 39.0 Å². The number of hydrogen-bond acceptors (Lipinski definition) is 6. The maximum atomic E-state index is 13.1. The first-order valence-electron chi connectivity index (χ1n) is 10.4. The smallest absolute Gasteiger partial charge is 0.333 e. The maximum absolute atomic E-state index is 13.1. The third-order valence-electron chi connectivity index (χ3n) is 4.79. The molecule has 3 rings (SSSR count). The summed E-state index contributed by atoms with van der Waals surface area (Å²) in [6.45, 7) is 6.65. The molecular formula is C23H26N4O4S. The van der Waals surface area contributed by atoms with Crippen LogP contribution in [-0.4, -0.2) is 50.8 Å². The van der Waals surface area contributed by atoms with Crippen molar-refractivity contribution in [3.8, 4) is 5.69 Å². The monoisotopic (exact) mass is 454 g/mol. The first kappa shape index (κ1) is 23.2. The van der Waals surface area contributed by atoms with E-state index in [-0.39, 0.29) is 24.6 Å². The molecule has 0 atom stereocenters. The van der Waals surface area contributed by atoms with Crippen LogP contribution in [0.4, 0.5) is 0 Å². The van der Waals surface area contributed by atoms with Crippen LogP contribution in [0, 0.1) is 0 Å². The van der Waals surface area contributed by atoms with Crippen LogP contribution in [0.1, 0.15) is 26.3 Å². The zero-order valence-electron chi connectivity index (χ0n) is 18.4. The first-order chi connectivity index (χ1) is 15.5. The quantitative estimate of drug-likeness (QED) is 0.477. The summed E-state index contributed by atoms with van der Waals surface area (Å²) >= 11 is 1.14. The molecule has 0 aliphatic heterocycles. The molecule has 1 amide bonds. The van der Waals surface area contributed by atoms with Crippen LogP contribution in [-0.2, 0) is 20.9 Å². The largest absolute Gasteiger partial charge is 0.463 e. The number of amides is 1. The topological polar surface area (TPSA) is 86.4 Å². The minimum Gasteiger partial charge on any atom is -0.463 e. The van der Waals surface area contributed by atoms with Crippen LogP contribution >= 0.6 is 11.3 Å². The van der Waals surface area contributed by atoms with Crippen molar-refractivity contribution in [3.63, 3.8) is 0 Å². The van der Waals surface area contributed by atoms with Gasteiger partial charge in [-0.2, -0.15) is 5.10 Å². The lowest BCUT2D eigenvalue weighted by atomic mass is 10.3. The van der Waals surface area contributed by atoms with Crippen LogP contribution in [0.5, 0.6) is 0 Å². The molecule has 0 aliphatic rings. The highest BCUT2D eigenvalue weighted by atomic mass is 32.1. The molecule has 0 aliphatic carbocycles. The molecule has 9 heteroatoms. The second-order valence-corrected chi connectivity index (χ2v) is 7.92. The minimum absolute atomic E-state index is 0.140. The number of hydrogen-bond donors (Lipinski definition) is 0. The molecule has 2 heterocycles. The van der Waals surface area contributed by atoms with Gasteiger partial charge in [-0.15, -0.1) is 11.3 Å². The van der Waals surface area contributed by atoms with Crippen molar-refractivity contribution in [1.29, 1.82) is 0 Å². The number of benzene rings is 1. The van der Waals surface area contributed by atoms with Crippen LogP contribution < -0.4 is 14.8 Å². The Morgan fingerprint density at radius 1 is 1.16 bits per heavy atom. The molecule has 0 N–H and O–H groups in total. The molecule has 32 heavy (non-hydrogen) atoms. The Kier molecular flexibility index (Phi) is 7.77. The van der Waals surface area contributed by atoms with Crippen LogP contribution in [0.25, 0.3) is 17.8 Å². The van der Waals surface area contributed by atoms with Gasteiger partial charge >= 0.3 is 5.97 Å². The van der Waals surface area contributed by atoms with E-state index in [2.05, 4.69) is 5.10 Å². The van der Waals surface area contributed by atoms with E-state index >= 15 is 0 Å². The number of rotatable bonds is 8. The molecule has 3 aromatic rings. The molecule has 8 nitrogen and oxygen atoms in total. The van der Waals surface area contributed by atoms with Crippen LogP contribution in [0.3, 0.4) is 0 Å². The van der Waals surface area contributed by atoms with Gasteiger partial charge < -0.3 is 9.64 Å². The standard InChI is InChI=1S/C23H26N4O4S/c1-4-25(5-2)20(28)16-26-21(13-22(29)31-6-3)32-19(23(26)30)12-17-14-24-27(15-17)18-10-8-7-9-11-18/h7-15H,4-6,16H2,1-3H3/b19-12-,21-13-. The summed E-state index contributed by atoms with van der Waals surface area (Å²) in [6.07, 6.45) is 6.44. The molecule has 0 saturated carbocycles. The SMILES string of the molecule is CCOC(=O)/C=c1\s/c(=C\c2cnn(-c3ccccc3)c2)c(=O)n1CC(=O)N(CC)CC. The Labute approximate surface area is 189 Å². The fourth-order valence-electron chi connectivity index (χ4n) is 3.17. The molecule has 0 radical (unpaired) electrons. The molecule has 0 fully saturated rings. The summed E-state index contributed by atoms with van der Waals surface area (Å²) in [6, 6.07) is 9.63. The summed E-state index contributed by atoms with van der Waals surface area (Å²) in [5, 5.41) is 4.35. The fourth-order valence-corrected chi connectivity index (χ4v) is 4.20. The van der Waals surface area contributed by atoms with E-state index in [9.17, 15) is 14.4 Å². The van der Waals surface area contributed by atoms with Gasteiger partial charge in [0, 0.05) is 24.8 Å². The van der Waals surface area contributed by atoms with E-state index < -0.39 is 5.97 Å². The third kappa shape index (κ3) is 5.42. The molecule has 2 aromatic heterocycles. The number of aromatic nitrogens is 3. The Morgan fingerprint density at radius 3 is 2.53 bits per heavy atom. The normalized spacial score (nSPS) is 12.2. The molecule has 0 unspecified atom stereocenters.